The Bertz CT molecular complexity index is 517. The Kier molecular flexibility index (Phi) is 3.88. The third kappa shape index (κ3) is 3.27. The Balaban J connectivity index is 1.90. The van der Waals surface area contributed by atoms with Crippen LogP contribution in [0, 0.1) is 13.8 Å². The quantitative estimate of drug-likeness (QED) is 0.831. The largest absolute Gasteiger partial charge is 0.493 e. The van der Waals surface area contributed by atoms with Crippen molar-refractivity contribution in [3.05, 3.63) is 59.2 Å². The van der Waals surface area contributed by atoms with Gasteiger partial charge in [0, 0.05) is 12.1 Å². The number of nitrogen functional groups attached to an aromatic ring is 1. The van der Waals surface area contributed by atoms with Crippen molar-refractivity contribution in [2.75, 3.05) is 12.3 Å². The number of anilines is 1. The van der Waals surface area contributed by atoms with Gasteiger partial charge in [0.15, 0.2) is 0 Å². The number of ether oxygens (including phenoxy) is 1. The fraction of sp³-hybridized carbons (Fsp3) is 0.250. The minimum Gasteiger partial charge on any atom is -0.493 e. The maximum atomic E-state index is 5.69. The van der Waals surface area contributed by atoms with Gasteiger partial charge in [-0.15, -0.1) is 0 Å². The van der Waals surface area contributed by atoms with Crippen LogP contribution in [-0.4, -0.2) is 6.61 Å². The fourth-order valence-electron chi connectivity index (χ4n) is 1.97. The van der Waals surface area contributed by atoms with E-state index in [2.05, 4.69) is 32.0 Å². The van der Waals surface area contributed by atoms with Gasteiger partial charge < -0.3 is 10.5 Å². The standard InChI is InChI=1S/C16H19NO/c1-12-3-4-14(13(2)11-12)9-10-18-16-7-5-15(17)6-8-16/h3-8,11H,9-10,17H2,1-2H3. The Morgan fingerprint density at radius 1 is 1.00 bits per heavy atom. The number of nitrogens with two attached hydrogens (primary N) is 1. The van der Waals surface area contributed by atoms with Crippen molar-refractivity contribution in [3.63, 3.8) is 0 Å². The molecule has 0 radical (unpaired) electrons. The van der Waals surface area contributed by atoms with Crippen molar-refractivity contribution < 1.29 is 4.74 Å². The van der Waals surface area contributed by atoms with Crippen LogP contribution in [0.1, 0.15) is 16.7 Å². The molecule has 2 nitrogen and oxygen atoms in total. The molecule has 0 aromatic heterocycles. The van der Waals surface area contributed by atoms with Gasteiger partial charge in [0.25, 0.3) is 0 Å². The number of aryl methyl sites for hydroxylation is 2. The summed E-state index contributed by atoms with van der Waals surface area (Å²) in [6.07, 6.45) is 0.927. The highest BCUT2D eigenvalue weighted by atomic mass is 16.5. The Morgan fingerprint density at radius 3 is 2.39 bits per heavy atom. The highest BCUT2D eigenvalue weighted by Crippen LogP contribution is 2.15. The van der Waals surface area contributed by atoms with Gasteiger partial charge in [-0.1, -0.05) is 23.8 Å². The number of hydrogen-bond acceptors (Lipinski definition) is 2. The molecule has 0 saturated carbocycles. The van der Waals surface area contributed by atoms with E-state index >= 15 is 0 Å². The zero-order valence-electron chi connectivity index (χ0n) is 10.9. The van der Waals surface area contributed by atoms with Crippen LogP contribution in [-0.2, 0) is 6.42 Å². The molecule has 0 aliphatic heterocycles. The van der Waals surface area contributed by atoms with E-state index in [1.54, 1.807) is 0 Å². The van der Waals surface area contributed by atoms with E-state index in [0.717, 1.165) is 17.9 Å². The molecule has 0 unspecified atom stereocenters. The summed E-state index contributed by atoms with van der Waals surface area (Å²) in [5.41, 5.74) is 10.4. The normalized spacial score (nSPS) is 10.3. The Hall–Kier alpha value is -1.96. The van der Waals surface area contributed by atoms with Crippen LogP contribution in [0.25, 0.3) is 0 Å². The summed E-state index contributed by atoms with van der Waals surface area (Å²) in [4.78, 5) is 0. The van der Waals surface area contributed by atoms with Crippen molar-refractivity contribution in [1.82, 2.24) is 0 Å². The van der Waals surface area contributed by atoms with Crippen molar-refractivity contribution >= 4 is 5.69 Å². The summed E-state index contributed by atoms with van der Waals surface area (Å²) in [6.45, 7) is 4.95. The van der Waals surface area contributed by atoms with E-state index in [4.69, 9.17) is 10.5 Å². The molecule has 2 aromatic carbocycles. The molecule has 2 rings (SSSR count). The molecule has 0 aliphatic carbocycles. The molecule has 0 fully saturated rings. The minimum atomic E-state index is 0.688. The van der Waals surface area contributed by atoms with E-state index in [1.165, 1.54) is 16.7 Å². The smallest absolute Gasteiger partial charge is 0.119 e. The van der Waals surface area contributed by atoms with Crippen LogP contribution < -0.4 is 10.5 Å². The predicted molar refractivity (Wildman–Crippen MR) is 76.0 cm³/mol. The second kappa shape index (κ2) is 5.58. The first-order valence-electron chi connectivity index (χ1n) is 6.19. The van der Waals surface area contributed by atoms with E-state index in [9.17, 15) is 0 Å². The van der Waals surface area contributed by atoms with Crippen LogP contribution in [0.15, 0.2) is 42.5 Å². The van der Waals surface area contributed by atoms with Gasteiger partial charge in [-0.2, -0.15) is 0 Å². The fourth-order valence-corrected chi connectivity index (χ4v) is 1.97. The van der Waals surface area contributed by atoms with Gasteiger partial charge in [0.05, 0.1) is 6.61 Å². The van der Waals surface area contributed by atoms with Crippen molar-refractivity contribution in [1.29, 1.82) is 0 Å². The highest BCUT2D eigenvalue weighted by Gasteiger charge is 1.99. The van der Waals surface area contributed by atoms with Gasteiger partial charge in [-0.05, 0) is 49.2 Å². The monoisotopic (exact) mass is 241 g/mol. The molecule has 0 amide bonds. The molecule has 0 spiro atoms. The molecule has 0 atom stereocenters. The summed E-state index contributed by atoms with van der Waals surface area (Å²) in [6, 6.07) is 14.0. The molecule has 0 aliphatic rings. The average molecular weight is 241 g/mol. The lowest BCUT2D eigenvalue weighted by molar-refractivity contribution is 0.322. The third-order valence-electron chi connectivity index (χ3n) is 3.02. The Labute approximate surface area is 108 Å². The van der Waals surface area contributed by atoms with Crippen molar-refractivity contribution in [2.24, 2.45) is 0 Å². The van der Waals surface area contributed by atoms with E-state index in [-0.39, 0.29) is 0 Å². The molecular formula is C16H19NO. The minimum absolute atomic E-state index is 0.688. The first kappa shape index (κ1) is 12.5. The third-order valence-corrected chi connectivity index (χ3v) is 3.02. The molecule has 0 saturated heterocycles. The first-order chi connectivity index (χ1) is 8.65. The first-order valence-corrected chi connectivity index (χ1v) is 6.19. The lowest BCUT2D eigenvalue weighted by Gasteiger charge is -2.09. The SMILES string of the molecule is Cc1ccc(CCOc2ccc(N)cc2)c(C)c1. The summed E-state index contributed by atoms with van der Waals surface area (Å²) in [5, 5.41) is 0. The van der Waals surface area contributed by atoms with Gasteiger partial charge in [0.2, 0.25) is 0 Å². The molecule has 0 heterocycles. The van der Waals surface area contributed by atoms with Gasteiger partial charge in [0.1, 0.15) is 5.75 Å². The topological polar surface area (TPSA) is 35.2 Å². The van der Waals surface area contributed by atoms with Crippen LogP contribution >= 0.6 is 0 Å². The number of hydrogen-bond donors (Lipinski definition) is 1. The summed E-state index contributed by atoms with van der Waals surface area (Å²) < 4.78 is 5.69. The number of rotatable bonds is 4. The zero-order valence-corrected chi connectivity index (χ0v) is 10.9. The summed E-state index contributed by atoms with van der Waals surface area (Å²) >= 11 is 0. The molecule has 2 aromatic rings. The van der Waals surface area contributed by atoms with Crippen LogP contribution in [0.5, 0.6) is 5.75 Å². The van der Waals surface area contributed by atoms with Gasteiger partial charge >= 0.3 is 0 Å². The van der Waals surface area contributed by atoms with Crippen LogP contribution in [0.4, 0.5) is 5.69 Å². The molecule has 18 heavy (non-hydrogen) atoms. The molecule has 0 bridgehead atoms. The van der Waals surface area contributed by atoms with Crippen molar-refractivity contribution in [2.45, 2.75) is 20.3 Å². The van der Waals surface area contributed by atoms with E-state index in [0.29, 0.717) is 6.61 Å². The summed E-state index contributed by atoms with van der Waals surface area (Å²) in [5.74, 6) is 0.869. The number of benzene rings is 2. The molecule has 94 valence electrons. The van der Waals surface area contributed by atoms with Crippen molar-refractivity contribution in [3.8, 4) is 5.75 Å². The predicted octanol–water partition coefficient (Wildman–Crippen LogP) is 3.51. The maximum Gasteiger partial charge on any atom is 0.119 e. The second-order valence-corrected chi connectivity index (χ2v) is 4.60. The van der Waals surface area contributed by atoms with Crippen LogP contribution in [0.2, 0.25) is 0 Å². The second-order valence-electron chi connectivity index (χ2n) is 4.60. The van der Waals surface area contributed by atoms with Crippen LogP contribution in [0.3, 0.4) is 0 Å². The molecule has 2 N–H and O–H groups in total. The van der Waals surface area contributed by atoms with Gasteiger partial charge in [-0.25, -0.2) is 0 Å². The van der Waals surface area contributed by atoms with Gasteiger partial charge in [-0.3, -0.25) is 0 Å². The molecular weight excluding hydrogens is 222 g/mol. The highest BCUT2D eigenvalue weighted by molar-refractivity contribution is 5.41. The lowest BCUT2D eigenvalue weighted by atomic mass is 10.0. The summed E-state index contributed by atoms with van der Waals surface area (Å²) in [7, 11) is 0. The lowest BCUT2D eigenvalue weighted by Crippen LogP contribution is -2.03. The maximum absolute atomic E-state index is 5.69. The Morgan fingerprint density at radius 2 is 1.72 bits per heavy atom. The zero-order chi connectivity index (χ0) is 13.0. The van der Waals surface area contributed by atoms with E-state index in [1.807, 2.05) is 24.3 Å². The average Bonchev–Trinajstić information content (AvgIpc) is 2.34. The molecule has 2 heteroatoms. The van der Waals surface area contributed by atoms with E-state index < -0.39 is 0 Å².